The summed E-state index contributed by atoms with van der Waals surface area (Å²) in [5, 5.41) is 0. The lowest BCUT2D eigenvalue weighted by atomic mass is 9.97. The molecule has 0 radical (unpaired) electrons. The van der Waals surface area contributed by atoms with Crippen LogP contribution in [0.15, 0.2) is 66.7 Å². The summed E-state index contributed by atoms with van der Waals surface area (Å²) in [4.78, 5) is 0. The number of rotatable bonds is 4. The Morgan fingerprint density at radius 1 is 0.565 bits per heavy atom. The summed E-state index contributed by atoms with van der Waals surface area (Å²) >= 11 is 0. The molecule has 0 unspecified atom stereocenters. The largest absolute Gasteiger partial charge is 0.399 e. The lowest BCUT2D eigenvalue weighted by molar-refractivity contribution is 1.12. The number of hydrogen-bond donors (Lipinski definition) is 2. The Labute approximate surface area is 137 Å². The zero-order valence-corrected chi connectivity index (χ0v) is 13.4. The van der Waals surface area contributed by atoms with Crippen LogP contribution in [0.4, 0.5) is 11.4 Å². The molecule has 0 aliphatic heterocycles. The highest BCUT2D eigenvalue weighted by Gasteiger charge is 2.03. The summed E-state index contributed by atoms with van der Waals surface area (Å²) in [6, 6.07) is 23.0. The normalized spacial score (nSPS) is 10.7. The number of nitrogens with two attached hydrogens (primary N) is 2. The third-order valence-corrected chi connectivity index (χ3v) is 3.97. The Hall–Kier alpha value is -2.74. The molecule has 0 amide bonds. The molecule has 116 valence electrons. The van der Waals surface area contributed by atoms with Crippen molar-refractivity contribution in [2.24, 2.45) is 0 Å². The van der Waals surface area contributed by atoms with Gasteiger partial charge in [-0.25, -0.2) is 0 Å². The van der Waals surface area contributed by atoms with Gasteiger partial charge in [0.15, 0.2) is 0 Å². The summed E-state index contributed by atoms with van der Waals surface area (Å²) in [7, 11) is 0. The van der Waals surface area contributed by atoms with Crippen LogP contribution in [-0.4, -0.2) is 0 Å². The van der Waals surface area contributed by atoms with Crippen LogP contribution in [0, 0.1) is 6.92 Å². The molecule has 0 heterocycles. The van der Waals surface area contributed by atoms with Gasteiger partial charge < -0.3 is 11.5 Å². The van der Waals surface area contributed by atoms with Crippen molar-refractivity contribution >= 4 is 11.4 Å². The summed E-state index contributed by atoms with van der Waals surface area (Å²) in [5.41, 5.74) is 19.7. The molecule has 2 nitrogen and oxygen atoms in total. The van der Waals surface area contributed by atoms with Gasteiger partial charge >= 0.3 is 0 Å². The predicted molar refractivity (Wildman–Crippen MR) is 98.5 cm³/mol. The van der Waals surface area contributed by atoms with E-state index in [0.717, 1.165) is 24.2 Å². The van der Waals surface area contributed by atoms with E-state index >= 15 is 0 Å². The van der Waals surface area contributed by atoms with Crippen molar-refractivity contribution in [3.05, 3.63) is 94.5 Å². The van der Waals surface area contributed by atoms with Crippen LogP contribution in [0.5, 0.6) is 0 Å². The molecule has 3 aromatic carbocycles. The van der Waals surface area contributed by atoms with Gasteiger partial charge in [-0.3, -0.25) is 0 Å². The zero-order valence-electron chi connectivity index (χ0n) is 13.4. The Morgan fingerprint density at radius 2 is 0.957 bits per heavy atom. The quantitative estimate of drug-likeness (QED) is 0.704. The fourth-order valence-electron chi connectivity index (χ4n) is 2.89. The van der Waals surface area contributed by atoms with Crippen LogP contribution in [-0.2, 0) is 12.8 Å². The maximum absolute atomic E-state index is 5.76. The molecule has 0 fully saturated rings. The molecule has 0 aliphatic rings. The first-order chi connectivity index (χ1) is 11.1. The van der Waals surface area contributed by atoms with Crippen molar-refractivity contribution < 1.29 is 0 Å². The molecule has 23 heavy (non-hydrogen) atoms. The Morgan fingerprint density at radius 3 is 1.35 bits per heavy atom. The number of aryl methyl sites for hydroxylation is 1. The monoisotopic (exact) mass is 302 g/mol. The van der Waals surface area contributed by atoms with Crippen molar-refractivity contribution in [1.82, 2.24) is 0 Å². The number of hydrogen-bond acceptors (Lipinski definition) is 2. The second-order valence-electron chi connectivity index (χ2n) is 6.16. The number of nitrogen functional groups attached to an aromatic ring is 2. The predicted octanol–water partition coefficient (Wildman–Crippen LogP) is 4.34. The van der Waals surface area contributed by atoms with Crippen LogP contribution in [0.25, 0.3) is 0 Å². The minimum atomic E-state index is 0.807. The van der Waals surface area contributed by atoms with Gasteiger partial charge in [-0.05, 0) is 66.3 Å². The fraction of sp³-hybridized carbons (Fsp3) is 0.143. The lowest BCUT2D eigenvalue weighted by Crippen LogP contribution is -1.95. The smallest absolute Gasteiger partial charge is 0.0314 e. The van der Waals surface area contributed by atoms with Gasteiger partial charge in [-0.1, -0.05) is 48.0 Å². The Kier molecular flexibility index (Phi) is 4.33. The standard InChI is InChI=1S/C21H22N2/c1-15-10-18(12-16-2-6-20(22)7-3-16)14-19(11-15)13-17-4-8-21(23)9-5-17/h2-11,14H,12-13,22-23H2,1H3. The van der Waals surface area contributed by atoms with E-state index in [-0.39, 0.29) is 0 Å². The van der Waals surface area contributed by atoms with Crippen LogP contribution >= 0.6 is 0 Å². The molecule has 0 atom stereocenters. The van der Waals surface area contributed by atoms with Crippen LogP contribution in [0.1, 0.15) is 27.8 Å². The second kappa shape index (κ2) is 6.57. The third-order valence-electron chi connectivity index (χ3n) is 3.97. The van der Waals surface area contributed by atoms with Crippen LogP contribution < -0.4 is 11.5 Å². The van der Waals surface area contributed by atoms with E-state index < -0.39 is 0 Å². The first kappa shape index (κ1) is 15.2. The molecule has 4 N–H and O–H groups in total. The average molecular weight is 302 g/mol. The highest BCUT2D eigenvalue weighted by atomic mass is 14.5. The van der Waals surface area contributed by atoms with Gasteiger partial charge in [-0.15, -0.1) is 0 Å². The maximum Gasteiger partial charge on any atom is 0.0314 e. The molecular formula is C21H22N2. The SMILES string of the molecule is Cc1cc(Cc2ccc(N)cc2)cc(Cc2ccc(N)cc2)c1. The minimum absolute atomic E-state index is 0.807. The maximum atomic E-state index is 5.76. The molecule has 3 rings (SSSR count). The molecule has 3 aromatic rings. The highest BCUT2D eigenvalue weighted by molar-refractivity contribution is 5.43. The second-order valence-corrected chi connectivity index (χ2v) is 6.16. The molecule has 0 saturated heterocycles. The van der Waals surface area contributed by atoms with E-state index in [9.17, 15) is 0 Å². The van der Waals surface area contributed by atoms with Crippen LogP contribution in [0.2, 0.25) is 0 Å². The summed E-state index contributed by atoms with van der Waals surface area (Å²) in [6.07, 6.45) is 1.85. The highest BCUT2D eigenvalue weighted by Crippen LogP contribution is 2.18. The summed E-state index contributed by atoms with van der Waals surface area (Å²) in [6.45, 7) is 2.15. The van der Waals surface area contributed by atoms with E-state index in [4.69, 9.17) is 11.5 Å². The first-order valence-electron chi connectivity index (χ1n) is 7.87. The molecule has 2 heteroatoms. The van der Waals surface area contributed by atoms with Gasteiger partial charge in [-0.2, -0.15) is 0 Å². The van der Waals surface area contributed by atoms with Crippen LogP contribution in [0.3, 0.4) is 0 Å². The molecule has 0 bridgehead atoms. The minimum Gasteiger partial charge on any atom is -0.399 e. The summed E-state index contributed by atoms with van der Waals surface area (Å²) in [5.74, 6) is 0. The molecule has 0 saturated carbocycles. The zero-order chi connectivity index (χ0) is 16.2. The van der Waals surface area contributed by atoms with Crippen molar-refractivity contribution in [2.45, 2.75) is 19.8 Å². The van der Waals surface area contributed by atoms with E-state index in [1.807, 2.05) is 24.3 Å². The molecule has 0 spiro atoms. The number of anilines is 2. The van der Waals surface area contributed by atoms with Gasteiger partial charge in [0.2, 0.25) is 0 Å². The number of benzene rings is 3. The summed E-state index contributed by atoms with van der Waals surface area (Å²) < 4.78 is 0. The Balaban J connectivity index is 1.81. The van der Waals surface area contributed by atoms with Crippen molar-refractivity contribution in [3.8, 4) is 0 Å². The first-order valence-corrected chi connectivity index (χ1v) is 7.87. The van der Waals surface area contributed by atoms with Gasteiger partial charge in [0.05, 0.1) is 0 Å². The van der Waals surface area contributed by atoms with Crippen molar-refractivity contribution in [1.29, 1.82) is 0 Å². The van der Waals surface area contributed by atoms with Crippen molar-refractivity contribution in [2.75, 3.05) is 11.5 Å². The molecule has 0 aromatic heterocycles. The lowest BCUT2D eigenvalue weighted by Gasteiger charge is -2.09. The Bertz CT molecular complexity index is 721. The topological polar surface area (TPSA) is 52.0 Å². The fourth-order valence-corrected chi connectivity index (χ4v) is 2.89. The van der Waals surface area contributed by atoms with E-state index in [1.54, 1.807) is 0 Å². The van der Waals surface area contributed by atoms with E-state index in [1.165, 1.54) is 27.8 Å². The molecule has 0 aliphatic carbocycles. The average Bonchev–Trinajstić information content (AvgIpc) is 2.51. The van der Waals surface area contributed by atoms with Gasteiger partial charge in [0.1, 0.15) is 0 Å². The van der Waals surface area contributed by atoms with Gasteiger partial charge in [0, 0.05) is 11.4 Å². The van der Waals surface area contributed by atoms with Gasteiger partial charge in [0.25, 0.3) is 0 Å². The van der Waals surface area contributed by atoms with E-state index in [0.29, 0.717) is 0 Å². The third kappa shape index (κ3) is 4.13. The van der Waals surface area contributed by atoms with E-state index in [2.05, 4.69) is 49.4 Å². The molecular weight excluding hydrogens is 280 g/mol. The van der Waals surface area contributed by atoms with Crippen molar-refractivity contribution in [3.63, 3.8) is 0 Å².